The summed E-state index contributed by atoms with van der Waals surface area (Å²) in [6.07, 6.45) is 3.73. The van der Waals surface area contributed by atoms with E-state index < -0.39 is 0 Å². The molecule has 0 spiro atoms. The molecule has 0 N–H and O–H groups in total. The van der Waals surface area contributed by atoms with Crippen LogP contribution in [0.25, 0.3) is 83.5 Å². The van der Waals surface area contributed by atoms with Crippen LogP contribution in [0.5, 0.6) is 11.5 Å². The summed E-state index contributed by atoms with van der Waals surface area (Å²) in [7, 11) is 0. The van der Waals surface area contributed by atoms with Crippen LogP contribution in [0.1, 0.15) is 22.3 Å². The number of aryl methyl sites for hydroxylation is 1. The molecule has 0 unspecified atom stereocenters. The molecule has 0 saturated heterocycles. The van der Waals surface area contributed by atoms with E-state index in [1.54, 1.807) is 0 Å². The predicted molar refractivity (Wildman–Crippen MR) is 255 cm³/mol. The average molecular weight is 1010 g/mol. The van der Waals surface area contributed by atoms with Gasteiger partial charge in [-0.25, -0.2) is 0 Å². The van der Waals surface area contributed by atoms with E-state index in [9.17, 15) is 0 Å². The molecular weight excluding hydrogens is 966 g/mol. The summed E-state index contributed by atoms with van der Waals surface area (Å²) >= 11 is 2.50. The van der Waals surface area contributed by atoms with Crippen LogP contribution in [0.15, 0.2) is 176 Å². The van der Waals surface area contributed by atoms with Crippen LogP contribution < -0.4 is 4.74 Å². The van der Waals surface area contributed by atoms with Crippen LogP contribution >= 0.6 is 0 Å². The minimum atomic E-state index is 0.583. The molecule has 7 heteroatoms. The Bertz CT molecular complexity index is 3580. The standard InChI is InChI=1S/C57H41N5O.Pt/c1-37-32-54(59-35-48(37)49-25-15-16-31-58-49)62-50-26-12-11-24-46(50)47-30-29-45(34-53(47)62)63-44-23-17-22-43(33-44)60-36-61(52-28-14-13-27-51(52)60)57-55(41-18-7-5-8-19-41)39(3)38(2)40(4)56(57)42-20-9-6-10-21-42;/h5-32,35H,1-4H3;/q-2;. The van der Waals surface area contributed by atoms with E-state index in [4.69, 9.17) is 9.72 Å². The van der Waals surface area contributed by atoms with Gasteiger partial charge in [0.15, 0.2) is 0 Å². The normalized spacial score (nSPS) is 11.5. The Morgan fingerprint density at radius 1 is 0.516 bits per heavy atom. The van der Waals surface area contributed by atoms with E-state index in [1.165, 1.54) is 38.9 Å². The Hall–Kier alpha value is -7.40. The minimum Gasteiger partial charge on any atom is -0.256 e. The summed E-state index contributed by atoms with van der Waals surface area (Å²) in [6.45, 7) is 8.87. The molecule has 4 heterocycles. The first-order chi connectivity index (χ1) is 31.4. The zero-order chi connectivity index (χ0) is 43.5. The summed E-state index contributed by atoms with van der Waals surface area (Å²) in [5.74, 6) is 1.97. The molecule has 4 aromatic heterocycles. The quantitative estimate of drug-likeness (QED) is 0.143. The second kappa shape index (κ2) is 16.1. The van der Waals surface area contributed by atoms with Gasteiger partial charge in [0.25, 0.3) is 0 Å². The van der Waals surface area contributed by atoms with Gasteiger partial charge in [-0.1, -0.05) is 18.2 Å². The number of para-hydroxylation sites is 3. The summed E-state index contributed by atoms with van der Waals surface area (Å²) in [5, 5.41) is 2.19. The number of nitrogens with zero attached hydrogens (tertiary/aromatic N) is 5. The van der Waals surface area contributed by atoms with Crippen LogP contribution in [-0.2, 0) is 19.4 Å². The third kappa shape index (κ3) is 6.56. The molecule has 0 aliphatic rings. The Morgan fingerprint density at radius 2 is 1.14 bits per heavy atom. The molecule has 0 fully saturated rings. The van der Waals surface area contributed by atoms with Crippen LogP contribution in [0.3, 0.4) is 0 Å². The predicted octanol–water partition coefficient (Wildman–Crippen LogP) is 14.0. The van der Waals surface area contributed by atoms with Gasteiger partial charge in [0.05, 0.1) is 5.69 Å². The van der Waals surface area contributed by atoms with Crippen molar-refractivity contribution in [1.29, 1.82) is 0 Å². The summed E-state index contributed by atoms with van der Waals surface area (Å²) in [4.78, 5) is 9.56. The Balaban J connectivity index is 1.05. The fraction of sp³-hybridized carbons (Fsp3) is 0.0702. The number of hydrogen-bond acceptors (Lipinski definition) is 3. The first-order valence-corrected chi connectivity index (χ1v) is 22.5. The molecule has 0 saturated carbocycles. The van der Waals surface area contributed by atoms with E-state index in [-0.39, 0.29) is 0 Å². The molecule has 0 amide bonds. The van der Waals surface area contributed by atoms with Crippen LogP contribution in [0.2, 0.25) is 0 Å². The molecule has 11 aromatic rings. The molecule has 0 bridgehead atoms. The van der Waals surface area contributed by atoms with E-state index in [0.29, 0.717) is 11.5 Å². The number of fused-ring (bicyclic) bond motifs is 4. The second-order valence-corrected chi connectivity index (χ2v) is 17.1. The molecule has 0 aliphatic carbocycles. The fourth-order valence-electron chi connectivity index (χ4n) is 9.20. The number of benzene rings is 7. The smallest absolute Gasteiger partial charge is 0.256 e. The topological polar surface area (TPSA) is 49.8 Å². The minimum absolute atomic E-state index is 0.583. The maximum absolute atomic E-state index is 6.70. The van der Waals surface area contributed by atoms with Crippen LogP contribution in [0, 0.1) is 43.6 Å². The van der Waals surface area contributed by atoms with Gasteiger partial charge < -0.3 is 0 Å². The van der Waals surface area contributed by atoms with Gasteiger partial charge in [-0.05, 0) is 24.6 Å². The molecule has 6 nitrogen and oxygen atoms in total. The maximum atomic E-state index is 6.70. The van der Waals surface area contributed by atoms with Gasteiger partial charge in [-0.15, -0.1) is 0 Å². The van der Waals surface area contributed by atoms with Gasteiger partial charge in [0.1, 0.15) is 0 Å². The number of imidazole rings is 1. The number of pyridine rings is 2. The molecule has 7 aromatic carbocycles. The van der Waals surface area contributed by atoms with Gasteiger partial charge in [-0.2, -0.15) is 0 Å². The Kier molecular flexibility index (Phi) is 9.90. The summed E-state index contributed by atoms with van der Waals surface area (Å²) in [6, 6.07) is 64.2. The third-order valence-electron chi connectivity index (χ3n) is 12.4. The molecule has 0 aliphatic heterocycles. The van der Waals surface area contributed by atoms with Crippen molar-refractivity contribution in [2.45, 2.75) is 27.7 Å². The first kappa shape index (κ1) is 39.4. The fourth-order valence-corrected chi connectivity index (χ4v) is 10.3. The van der Waals surface area contributed by atoms with E-state index in [0.717, 1.165) is 70.7 Å². The van der Waals surface area contributed by atoms with Crippen molar-refractivity contribution in [3.8, 4) is 62.2 Å². The Morgan fingerprint density at radius 3 is 1.81 bits per heavy atom. The van der Waals surface area contributed by atoms with Gasteiger partial charge >= 0.3 is 313 Å². The summed E-state index contributed by atoms with van der Waals surface area (Å²) in [5.41, 5.74) is 17.7. The Labute approximate surface area is 382 Å². The third-order valence-corrected chi connectivity index (χ3v) is 13.5. The van der Waals surface area contributed by atoms with Crippen molar-refractivity contribution in [2.24, 2.45) is 0 Å². The zero-order valence-electron chi connectivity index (χ0n) is 35.7. The number of rotatable bonds is 8. The van der Waals surface area contributed by atoms with Crippen molar-refractivity contribution in [3.63, 3.8) is 0 Å². The molecule has 64 heavy (non-hydrogen) atoms. The van der Waals surface area contributed by atoms with Gasteiger partial charge in [-0.3, -0.25) is 4.98 Å². The van der Waals surface area contributed by atoms with Crippen LogP contribution in [-0.4, -0.2) is 23.7 Å². The second-order valence-electron chi connectivity index (χ2n) is 16.1. The van der Waals surface area contributed by atoms with Crippen molar-refractivity contribution in [2.75, 3.05) is 0 Å². The monoisotopic (exact) mass is 1010 g/mol. The van der Waals surface area contributed by atoms with Crippen molar-refractivity contribution in [1.82, 2.24) is 23.7 Å². The first-order valence-electron chi connectivity index (χ1n) is 21.3. The van der Waals surface area contributed by atoms with Crippen molar-refractivity contribution >= 4 is 32.8 Å². The molecular formula is C57H41N5OPt-2. The zero-order valence-corrected chi connectivity index (χ0v) is 38.0. The van der Waals surface area contributed by atoms with Crippen LogP contribution in [0.4, 0.5) is 0 Å². The molecule has 11 rings (SSSR count). The molecule has 0 radical (unpaired) electrons. The van der Waals surface area contributed by atoms with Crippen molar-refractivity contribution in [3.05, 3.63) is 214 Å². The number of hydrogen-bond donors (Lipinski definition) is 0. The number of aromatic nitrogens is 5. The van der Waals surface area contributed by atoms with E-state index >= 15 is 0 Å². The SMILES string of the molecule is Cc1cc(-n2c3[c-]c(Oc4[c-]c(-n5[c](=[Pt])n(-c6c(-c7ccccc7)c(C)c(C)c(C)c6-c6ccccc6)c6ccccc65)ccc4)ccc3c3ccccc32)ncc1-c1ccccn1. The molecule has 312 valence electrons. The van der Waals surface area contributed by atoms with Crippen molar-refractivity contribution < 1.29 is 24.1 Å². The molecule has 0 atom stereocenters. The summed E-state index contributed by atoms with van der Waals surface area (Å²) < 4.78 is 14.6. The van der Waals surface area contributed by atoms with E-state index in [1.807, 2.05) is 48.8 Å². The van der Waals surface area contributed by atoms with Gasteiger partial charge in [0.2, 0.25) is 0 Å². The van der Waals surface area contributed by atoms with E-state index in [2.05, 4.69) is 205 Å². The number of ether oxygens (including phenoxy) is 1. The van der Waals surface area contributed by atoms with Gasteiger partial charge in [0, 0.05) is 18.0 Å². The average Bonchev–Trinajstić information content (AvgIpc) is 3.82.